The fourth-order valence-electron chi connectivity index (χ4n) is 3.42. The van der Waals surface area contributed by atoms with Crippen LogP contribution in [0.4, 0.5) is 5.69 Å². The Labute approximate surface area is 135 Å². The molecular formula is C17H12BrNO3. The van der Waals surface area contributed by atoms with E-state index in [0.29, 0.717) is 0 Å². The molecule has 1 aliphatic carbocycles. The summed E-state index contributed by atoms with van der Waals surface area (Å²) < 4.78 is 0.996. The maximum Gasteiger partial charge on any atom is 0.335 e. The number of fused-ring (bicyclic) bond motifs is 2. The minimum absolute atomic E-state index is 0.0297. The monoisotopic (exact) mass is 357 g/mol. The van der Waals surface area contributed by atoms with Crippen LogP contribution >= 0.6 is 15.9 Å². The summed E-state index contributed by atoms with van der Waals surface area (Å²) in [6.07, 6.45) is 0.719. The Morgan fingerprint density at radius 1 is 1.23 bits per heavy atom. The van der Waals surface area contributed by atoms with Crippen LogP contribution in [0, 0.1) is 0 Å². The third-order valence-corrected chi connectivity index (χ3v) is 5.16. The first-order valence-electron chi connectivity index (χ1n) is 6.97. The van der Waals surface area contributed by atoms with E-state index in [9.17, 15) is 14.7 Å². The van der Waals surface area contributed by atoms with Crippen molar-refractivity contribution in [1.82, 2.24) is 0 Å². The SMILES string of the molecule is O=C(O)c1ccc2c(c1)[C@@]1(C[C@@H]1c1ccc(Br)cc1)C(=O)N2. The summed E-state index contributed by atoms with van der Waals surface area (Å²) in [5, 5.41) is 12.1. The number of hydrogen-bond donors (Lipinski definition) is 2. The zero-order valence-electron chi connectivity index (χ0n) is 11.5. The number of carbonyl (C=O) groups excluding carboxylic acids is 1. The fourth-order valence-corrected chi connectivity index (χ4v) is 3.68. The normalized spacial score (nSPS) is 25.0. The predicted molar refractivity (Wildman–Crippen MR) is 85.2 cm³/mol. The number of carboxylic acid groups (broad SMARTS) is 1. The average molecular weight is 358 g/mol. The number of amides is 1. The van der Waals surface area contributed by atoms with E-state index in [0.717, 1.165) is 27.7 Å². The summed E-state index contributed by atoms with van der Waals surface area (Å²) in [6, 6.07) is 12.8. The number of aromatic carboxylic acids is 1. The molecule has 1 heterocycles. The van der Waals surface area contributed by atoms with Gasteiger partial charge in [0.1, 0.15) is 0 Å². The molecule has 0 unspecified atom stereocenters. The first-order valence-corrected chi connectivity index (χ1v) is 7.76. The van der Waals surface area contributed by atoms with Crippen LogP contribution in [0.15, 0.2) is 46.9 Å². The molecule has 22 heavy (non-hydrogen) atoms. The van der Waals surface area contributed by atoms with Gasteiger partial charge in [0.2, 0.25) is 5.91 Å². The molecule has 5 heteroatoms. The van der Waals surface area contributed by atoms with Crippen molar-refractivity contribution in [3.8, 4) is 0 Å². The molecule has 1 aliphatic heterocycles. The lowest BCUT2D eigenvalue weighted by Gasteiger charge is -2.09. The lowest BCUT2D eigenvalue weighted by atomic mass is 9.91. The first-order chi connectivity index (χ1) is 10.5. The Balaban J connectivity index is 1.79. The van der Waals surface area contributed by atoms with Gasteiger partial charge in [-0.1, -0.05) is 28.1 Å². The van der Waals surface area contributed by atoms with Crippen LogP contribution in [0.3, 0.4) is 0 Å². The Kier molecular flexibility index (Phi) is 2.72. The van der Waals surface area contributed by atoms with Crippen LogP contribution in [0.2, 0.25) is 0 Å². The van der Waals surface area contributed by atoms with E-state index < -0.39 is 11.4 Å². The van der Waals surface area contributed by atoms with Crippen molar-refractivity contribution in [2.24, 2.45) is 0 Å². The second kappa shape index (κ2) is 4.43. The van der Waals surface area contributed by atoms with E-state index in [1.54, 1.807) is 12.1 Å². The summed E-state index contributed by atoms with van der Waals surface area (Å²) in [7, 11) is 0. The molecule has 0 bridgehead atoms. The van der Waals surface area contributed by atoms with Gasteiger partial charge in [-0.05, 0) is 47.9 Å². The Morgan fingerprint density at radius 3 is 2.64 bits per heavy atom. The van der Waals surface area contributed by atoms with Gasteiger partial charge in [0.25, 0.3) is 0 Å². The molecule has 2 aromatic carbocycles. The van der Waals surface area contributed by atoms with Gasteiger partial charge in [-0.15, -0.1) is 0 Å². The van der Waals surface area contributed by atoms with Crippen LogP contribution < -0.4 is 5.32 Å². The second-order valence-electron chi connectivity index (χ2n) is 5.80. The number of anilines is 1. The van der Waals surface area contributed by atoms with Crippen molar-refractivity contribution in [2.75, 3.05) is 5.32 Å². The number of carboxylic acids is 1. The third kappa shape index (κ3) is 1.75. The molecule has 2 aromatic rings. The minimum atomic E-state index is -0.974. The molecule has 0 saturated heterocycles. The highest BCUT2D eigenvalue weighted by molar-refractivity contribution is 9.10. The largest absolute Gasteiger partial charge is 0.478 e. The molecule has 1 spiro atoms. The molecular weight excluding hydrogens is 346 g/mol. The van der Waals surface area contributed by atoms with E-state index in [1.165, 1.54) is 6.07 Å². The molecule has 1 fully saturated rings. The Morgan fingerprint density at radius 2 is 1.95 bits per heavy atom. The van der Waals surface area contributed by atoms with Gasteiger partial charge in [-0.2, -0.15) is 0 Å². The zero-order chi connectivity index (χ0) is 15.5. The van der Waals surface area contributed by atoms with Gasteiger partial charge in [-0.25, -0.2) is 4.79 Å². The first kappa shape index (κ1) is 13.5. The zero-order valence-corrected chi connectivity index (χ0v) is 13.1. The topological polar surface area (TPSA) is 66.4 Å². The number of benzene rings is 2. The fraction of sp³-hybridized carbons (Fsp3) is 0.176. The molecule has 4 rings (SSSR count). The van der Waals surface area contributed by atoms with Crippen molar-refractivity contribution < 1.29 is 14.7 Å². The number of rotatable bonds is 2. The van der Waals surface area contributed by atoms with Gasteiger partial charge < -0.3 is 10.4 Å². The maximum atomic E-state index is 12.5. The van der Waals surface area contributed by atoms with E-state index in [4.69, 9.17) is 0 Å². The lowest BCUT2D eigenvalue weighted by molar-refractivity contribution is -0.118. The molecule has 2 atom stereocenters. The van der Waals surface area contributed by atoms with Gasteiger partial charge in [-0.3, -0.25) is 4.79 Å². The lowest BCUT2D eigenvalue weighted by Crippen LogP contribution is -2.21. The molecule has 110 valence electrons. The number of nitrogens with one attached hydrogen (secondary N) is 1. The second-order valence-corrected chi connectivity index (χ2v) is 6.71. The van der Waals surface area contributed by atoms with Crippen LogP contribution in [-0.4, -0.2) is 17.0 Å². The summed E-state index contributed by atoms with van der Waals surface area (Å²) in [4.78, 5) is 23.7. The maximum absolute atomic E-state index is 12.5. The predicted octanol–water partition coefficient (Wildman–Crippen LogP) is 3.52. The summed E-state index contributed by atoms with van der Waals surface area (Å²) in [5.74, 6) is -0.901. The Hall–Kier alpha value is -2.14. The molecule has 1 amide bonds. The van der Waals surface area contributed by atoms with Gasteiger partial charge in [0.05, 0.1) is 11.0 Å². The molecule has 4 nitrogen and oxygen atoms in total. The van der Waals surface area contributed by atoms with E-state index in [-0.39, 0.29) is 17.4 Å². The van der Waals surface area contributed by atoms with E-state index >= 15 is 0 Å². The Bertz CT molecular complexity index is 815. The molecule has 2 aliphatic rings. The summed E-state index contributed by atoms with van der Waals surface area (Å²) >= 11 is 3.41. The molecule has 1 saturated carbocycles. The van der Waals surface area contributed by atoms with Crippen LogP contribution in [-0.2, 0) is 10.2 Å². The van der Waals surface area contributed by atoms with Crippen molar-refractivity contribution in [1.29, 1.82) is 0 Å². The quantitative estimate of drug-likeness (QED) is 0.863. The average Bonchev–Trinajstić information content (AvgIpc) is 3.18. The smallest absolute Gasteiger partial charge is 0.335 e. The van der Waals surface area contributed by atoms with Crippen molar-refractivity contribution >= 4 is 33.5 Å². The highest BCUT2D eigenvalue weighted by atomic mass is 79.9. The number of carbonyl (C=O) groups is 2. The molecule has 0 aromatic heterocycles. The van der Waals surface area contributed by atoms with Gasteiger partial charge in [0.15, 0.2) is 0 Å². The molecule has 0 radical (unpaired) electrons. The van der Waals surface area contributed by atoms with Crippen molar-refractivity contribution in [3.05, 3.63) is 63.6 Å². The van der Waals surface area contributed by atoms with Crippen molar-refractivity contribution in [2.45, 2.75) is 17.8 Å². The van der Waals surface area contributed by atoms with Crippen molar-refractivity contribution in [3.63, 3.8) is 0 Å². The van der Waals surface area contributed by atoms with Gasteiger partial charge in [0, 0.05) is 16.1 Å². The highest BCUT2D eigenvalue weighted by Crippen LogP contribution is 2.65. The summed E-state index contributed by atoms with van der Waals surface area (Å²) in [5.41, 5.74) is 2.26. The summed E-state index contributed by atoms with van der Waals surface area (Å²) in [6.45, 7) is 0. The van der Waals surface area contributed by atoms with E-state index in [2.05, 4.69) is 21.2 Å². The third-order valence-electron chi connectivity index (χ3n) is 4.63. The standard InChI is InChI=1S/C17H12BrNO3/c18-11-4-1-9(2-5-11)13-8-17(13)12-7-10(15(20)21)3-6-14(12)19-16(17)22/h1-7,13H,8H2,(H,19,22)(H,20,21)/t13-,17-/m1/s1. The highest BCUT2D eigenvalue weighted by Gasteiger charge is 2.65. The number of hydrogen-bond acceptors (Lipinski definition) is 2. The van der Waals surface area contributed by atoms with Crippen LogP contribution in [0.25, 0.3) is 0 Å². The van der Waals surface area contributed by atoms with Crippen LogP contribution in [0.5, 0.6) is 0 Å². The molecule has 2 N–H and O–H groups in total. The minimum Gasteiger partial charge on any atom is -0.478 e. The van der Waals surface area contributed by atoms with E-state index in [1.807, 2.05) is 24.3 Å². The van der Waals surface area contributed by atoms with Gasteiger partial charge >= 0.3 is 5.97 Å². The number of halogens is 1. The van der Waals surface area contributed by atoms with Crippen LogP contribution in [0.1, 0.15) is 33.8 Å².